The van der Waals surface area contributed by atoms with Crippen LogP contribution in [0.2, 0.25) is 0 Å². The maximum absolute atomic E-state index is 12.7. The lowest BCUT2D eigenvalue weighted by atomic mass is 9.95. The molecule has 1 aromatic heterocycles. The molecule has 228 valence electrons. The molecule has 8 nitrogen and oxygen atoms in total. The Kier molecular flexibility index (Phi) is 8.37. The number of pyridine rings is 1. The van der Waals surface area contributed by atoms with Gasteiger partial charge in [0.1, 0.15) is 11.5 Å². The molecule has 4 aromatic rings. The van der Waals surface area contributed by atoms with E-state index in [2.05, 4.69) is 62.6 Å². The van der Waals surface area contributed by atoms with Crippen molar-refractivity contribution in [2.45, 2.75) is 38.3 Å². The molecule has 44 heavy (non-hydrogen) atoms. The molecule has 3 N–H and O–H groups in total. The van der Waals surface area contributed by atoms with Crippen LogP contribution in [0.3, 0.4) is 0 Å². The van der Waals surface area contributed by atoms with Crippen LogP contribution in [-0.2, 0) is 24.2 Å². The van der Waals surface area contributed by atoms with E-state index < -0.39 is 0 Å². The van der Waals surface area contributed by atoms with Crippen molar-refractivity contribution < 1.29 is 14.6 Å². The van der Waals surface area contributed by atoms with E-state index >= 15 is 0 Å². The van der Waals surface area contributed by atoms with Crippen LogP contribution in [0.4, 0.5) is 11.4 Å². The Balaban J connectivity index is 0.988. The molecule has 8 heteroatoms. The van der Waals surface area contributed by atoms with Gasteiger partial charge in [-0.1, -0.05) is 36.4 Å². The zero-order valence-corrected chi connectivity index (χ0v) is 25.1. The number of hydrogen-bond acceptors (Lipinski definition) is 7. The highest BCUT2D eigenvalue weighted by Gasteiger charge is 2.24. The SMILES string of the molecule is O=c1cc(N2CCOCC2)cc(-c2cccc3c2Oc2ccc(NC4CCN(CCc5ccc(CO)cc5)CC4)cc2C3)[nH]1. The van der Waals surface area contributed by atoms with Gasteiger partial charge in [-0.3, -0.25) is 4.79 Å². The predicted molar refractivity (Wildman–Crippen MR) is 174 cm³/mol. The minimum absolute atomic E-state index is 0.0976. The van der Waals surface area contributed by atoms with Gasteiger partial charge in [-0.15, -0.1) is 0 Å². The maximum atomic E-state index is 12.7. The normalized spacial score (nSPS) is 17.1. The third kappa shape index (κ3) is 6.38. The molecule has 0 bridgehead atoms. The number of hydrogen-bond donors (Lipinski definition) is 3. The molecule has 0 atom stereocenters. The summed E-state index contributed by atoms with van der Waals surface area (Å²) in [5.74, 6) is 1.68. The molecular weight excluding hydrogens is 552 g/mol. The Bertz CT molecular complexity index is 1650. The number of aliphatic hydroxyl groups is 1. The number of benzene rings is 3. The quantitative estimate of drug-likeness (QED) is 0.229. The summed E-state index contributed by atoms with van der Waals surface area (Å²) in [7, 11) is 0. The van der Waals surface area contributed by atoms with Gasteiger partial charge in [-0.25, -0.2) is 0 Å². The average Bonchev–Trinajstić information content (AvgIpc) is 3.07. The molecule has 0 unspecified atom stereocenters. The first kappa shape index (κ1) is 28.6. The van der Waals surface area contributed by atoms with Crippen LogP contribution in [-0.4, -0.2) is 67.0 Å². The molecule has 4 heterocycles. The highest BCUT2D eigenvalue weighted by atomic mass is 16.5. The third-order valence-electron chi connectivity index (χ3n) is 9.13. The molecule has 3 aromatic carbocycles. The number of para-hydroxylation sites is 1. The molecule has 0 amide bonds. The van der Waals surface area contributed by atoms with E-state index in [-0.39, 0.29) is 12.2 Å². The van der Waals surface area contributed by atoms with Crippen molar-refractivity contribution in [2.75, 3.05) is 56.2 Å². The van der Waals surface area contributed by atoms with Crippen LogP contribution < -0.4 is 20.5 Å². The number of anilines is 2. The second kappa shape index (κ2) is 12.9. The summed E-state index contributed by atoms with van der Waals surface area (Å²) in [4.78, 5) is 20.4. The Hall–Kier alpha value is -4.11. The van der Waals surface area contributed by atoms with Gasteiger partial charge in [0, 0.05) is 73.8 Å². The zero-order chi connectivity index (χ0) is 29.9. The first-order valence-corrected chi connectivity index (χ1v) is 15.8. The number of fused-ring (bicyclic) bond motifs is 2. The molecule has 2 fully saturated rings. The van der Waals surface area contributed by atoms with Crippen LogP contribution in [0.1, 0.15) is 35.1 Å². The minimum Gasteiger partial charge on any atom is -0.456 e. The summed E-state index contributed by atoms with van der Waals surface area (Å²) in [5, 5.41) is 13.0. The number of aromatic amines is 1. The van der Waals surface area contributed by atoms with Gasteiger partial charge in [-0.05, 0) is 66.3 Å². The third-order valence-corrected chi connectivity index (χ3v) is 9.13. The zero-order valence-electron chi connectivity index (χ0n) is 25.1. The fourth-order valence-electron chi connectivity index (χ4n) is 6.59. The number of ether oxygens (including phenoxy) is 2. The number of piperidine rings is 1. The van der Waals surface area contributed by atoms with E-state index in [4.69, 9.17) is 9.47 Å². The summed E-state index contributed by atoms with van der Waals surface area (Å²) >= 11 is 0. The second-order valence-electron chi connectivity index (χ2n) is 12.1. The van der Waals surface area contributed by atoms with E-state index in [0.717, 1.165) is 104 Å². The highest BCUT2D eigenvalue weighted by Crippen LogP contribution is 2.43. The van der Waals surface area contributed by atoms with E-state index in [1.807, 2.05) is 24.3 Å². The van der Waals surface area contributed by atoms with Crippen LogP contribution in [0.15, 0.2) is 77.6 Å². The minimum atomic E-state index is -0.118. The van der Waals surface area contributed by atoms with Gasteiger partial charge >= 0.3 is 0 Å². The van der Waals surface area contributed by atoms with Crippen LogP contribution >= 0.6 is 0 Å². The van der Waals surface area contributed by atoms with Gasteiger partial charge in [0.15, 0.2) is 0 Å². The number of aliphatic hydroxyl groups excluding tert-OH is 1. The first-order valence-electron chi connectivity index (χ1n) is 15.8. The number of rotatable bonds is 8. The van der Waals surface area contributed by atoms with Crippen LogP contribution in [0.25, 0.3) is 11.3 Å². The van der Waals surface area contributed by atoms with Crippen molar-refractivity contribution in [3.63, 3.8) is 0 Å². The second-order valence-corrected chi connectivity index (χ2v) is 12.1. The lowest BCUT2D eigenvalue weighted by molar-refractivity contribution is 0.122. The number of nitrogens with zero attached hydrogens (tertiary/aromatic N) is 2. The van der Waals surface area contributed by atoms with Gasteiger partial charge < -0.3 is 34.7 Å². The monoisotopic (exact) mass is 592 g/mol. The molecule has 0 radical (unpaired) electrons. The number of aromatic nitrogens is 1. The van der Waals surface area contributed by atoms with Gasteiger partial charge in [0.25, 0.3) is 0 Å². The van der Waals surface area contributed by atoms with E-state index in [9.17, 15) is 9.90 Å². The van der Waals surface area contributed by atoms with Crippen LogP contribution in [0.5, 0.6) is 11.5 Å². The summed E-state index contributed by atoms with van der Waals surface area (Å²) in [6, 6.07) is 25.1. The molecule has 7 rings (SSSR count). The summed E-state index contributed by atoms with van der Waals surface area (Å²) in [6.07, 6.45) is 4.04. The van der Waals surface area contributed by atoms with Gasteiger partial charge in [0.2, 0.25) is 5.56 Å². The highest BCUT2D eigenvalue weighted by molar-refractivity contribution is 5.74. The van der Waals surface area contributed by atoms with Crippen molar-refractivity contribution in [1.82, 2.24) is 9.88 Å². The van der Waals surface area contributed by atoms with Crippen LogP contribution in [0, 0.1) is 0 Å². The Morgan fingerprint density at radius 1 is 0.886 bits per heavy atom. The fourth-order valence-corrected chi connectivity index (χ4v) is 6.59. The average molecular weight is 593 g/mol. The van der Waals surface area contributed by atoms with Gasteiger partial charge in [-0.2, -0.15) is 0 Å². The topological polar surface area (TPSA) is 90.1 Å². The number of morpholine rings is 1. The number of H-pyrrole nitrogens is 1. The molecule has 3 aliphatic heterocycles. The van der Waals surface area contributed by atoms with Crippen molar-refractivity contribution >= 4 is 11.4 Å². The van der Waals surface area contributed by atoms with Crippen molar-refractivity contribution in [2.24, 2.45) is 0 Å². The van der Waals surface area contributed by atoms with Crippen molar-refractivity contribution in [3.8, 4) is 22.8 Å². The molecule has 3 aliphatic rings. The lowest BCUT2D eigenvalue weighted by Gasteiger charge is -2.33. The first-order chi connectivity index (χ1) is 21.6. The number of likely N-dealkylation sites (tertiary alicyclic amines) is 1. The lowest BCUT2D eigenvalue weighted by Crippen LogP contribution is -2.40. The summed E-state index contributed by atoms with van der Waals surface area (Å²) in [6.45, 7) is 6.22. The Morgan fingerprint density at radius 2 is 1.68 bits per heavy atom. The molecular formula is C36H40N4O4. The fraction of sp³-hybridized carbons (Fsp3) is 0.361. The van der Waals surface area contributed by atoms with Gasteiger partial charge in [0.05, 0.1) is 25.5 Å². The molecule has 2 saturated heterocycles. The Morgan fingerprint density at radius 3 is 2.48 bits per heavy atom. The molecule has 0 spiro atoms. The summed E-state index contributed by atoms with van der Waals surface area (Å²) in [5.41, 5.74) is 8.17. The van der Waals surface area contributed by atoms with E-state index in [1.165, 1.54) is 11.1 Å². The van der Waals surface area contributed by atoms with E-state index in [1.54, 1.807) is 6.07 Å². The number of nitrogens with one attached hydrogen (secondary N) is 2. The largest absolute Gasteiger partial charge is 0.456 e. The summed E-state index contributed by atoms with van der Waals surface area (Å²) < 4.78 is 12.0. The predicted octanol–water partition coefficient (Wildman–Crippen LogP) is 5.19. The smallest absolute Gasteiger partial charge is 0.250 e. The molecule has 0 aliphatic carbocycles. The maximum Gasteiger partial charge on any atom is 0.250 e. The standard InChI is InChI=1S/C36H40N4O4/c41-24-26-6-4-25(5-7-26)10-13-39-14-11-29(12-15-39)37-30-8-9-34-28(21-30)20-27-2-1-3-32(36(27)44-34)33-22-31(23-35(42)38-33)40-16-18-43-19-17-40/h1-9,21-23,29,37,41H,10-20,24H2,(H,38,42). The van der Waals surface area contributed by atoms with Crippen molar-refractivity contribution in [3.05, 3.63) is 105 Å². The Labute approximate surface area is 258 Å². The van der Waals surface area contributed by atoms with E-state index in [0.29, 0.717) is 19.3 Å². The molecule has 0 saturated carbocycles. The van der Waals surface area contributed by atoms with Crippen molar-refractivity contribution in [1.29, 1.82) is 0 Å².